The Balaban J connectivity index is 2.69. The predicted molar refractivity (Wildman–Crippen MR) is 49.5 cm³/mol. The first-order chi connectivity index (χ1) is 5.59. The minimum Gasteiger partial charge on any atom is -0.264 e. The summed E-state index contributed by atoms with van der Waals surface area (Å²) in [6, 6.07) is 0. The van der Waals surface area contributed by atoms with Gasteiger partial charge in [-0.15, -0.1) is 0 Å². The van der Waals surface area contributed by atoms with Gasteiger partial charge in [-0.2, -0.15) is 4.98 Å². The van der Waals surface area contributed by atoms with Crippen molar-refractivity contribution in [1.29, 1.82) is 0 Å². The summed E-state index contributed by atoms with van der Waals surface area (Å²) in [6.07, 6.45) is 0. The minimum atomic E-state index is -0.347. The van der Waals surface area contributed by atoms with E-state index < -0.39 is 0 Å². The summed E-state index contributed by atoms with van der Waals surface area (Å²) >= 11 is 6.91. The van der Waals surface area contributed by atoms with E-state index in [9.17, 15) is 4.79 Å². The molecule has 0 spiro atoms. The number of hydrogen-bond donors (Lipinski definition) is 1. The fourth-order valence-electron chi connectivity index (χ4n) is 0.650. The van der Waals surface area contributed by atoms with E-state index >= 15 is 0 Å². The molecule has 0 aliphatic heterocycles. The van der Waals surface area contributed by atoms with Crippen molar-refractivity contribution in [3.63, 3.8) is 0 Å². The minimum absolute atomic E-state index is 0.347. The molecule has 1 rings (SSSR count). The lowest BCUT2D eigenvalue weighted by Crippen LogP contribution is -2.03. The summed E-state index contributed by atoms with van der Waals surface area (Å²) in [5.74, 6) is 0.555. The molecule has 0 amide bonds. The first kappa shape index (κ1) is 9.41. The van der Waals surface area contributed by atoms with Crippen LogP contribution in [0.1, 0.15) is 0 Å². The molecule has 1 aromatic rings. The Morgan fingerprint density at radius 3 is 3.00 bits per heavy atom. The van der Waals surface area contributed by atoms with Crippen molar-refractivity contribution in [2.75, 3.05) is 5.75 Å². The van der Waals surface area contributed by atoms with Gasteiger partial charge in [0.15, 0.2) is 5.16 Å². The van der Waals surface area contributed by atoms with Gasteiger partial charge in [0.2, 0.25) is 0 Å². The van der Waals surface area contributed by atoms with Gasteiger partial charge in [0, 0.05) is 17.8 Å². The van der Waals surface area contributed by atoms with Crippen LogP contribution in [0.2, 0.25) is 0 Å². The average molecular weight is 206 g/mol. The Morgan fingerprint density at radius 2 is 2.58 bits per heavy atom. The Morgan fingerprint density at radius 1 is 1.92 bits per heavy atom. The van der Waals surface area contributed by atoms with Gasteiger partial charge in [-0.05, 0) is 0 Å². The number of aryl methyl sites for hydroxylation is 1. The first-order valence-electron chi connectivity index (χ1n) is 3.18. The van der Waals surface area contributed by atoms with Crippen LogP contribution in [-0.2, 0) is 7.05 Å². The van der Waals surface area contributed by atoms with Gasteiger partial charge in [0.05, 0.1) is 0 Å². The largest absolute Gasteiger partial charge is 0.362 e. The van der Waals surface area contributed by atoms with Crippen molar-refractivity contribution in [2.24, 2.45) is 7.05 Å². The molecular formula is C6H8ClN3OS. The van der Waals surface area contributed by atoms with Crippen molar-refractivity contribution in [2.45, 2.75) is 5.16 Å². The second-order valence-electron chi connectivity index (χ2n) is 2.18. The highest BCUT2D eigenvalue weighted by atomic mass is 35.5. The van der Waals surface area contributed by atoms with Gasteiger partial charge in [-0.25, -0.2) is 9.89 Å². The average Bonchev–Trinajstić information content (AvgIpc) is 2.26. The molecular weight excluding hydrogens is 198 g/mol. The lowest BCUT2D eigenvalue weighted by Gasteiger charge is -1.97. The maximum Gasteiger partial charge on any atom is 0.362 e. The molecule has 0 bridgehead atoms. The van der Waals surface area contributed by atoms with E-state index in [1.165, 1.54) is 11.8 Å². The van der Waals surface area contributed by atoms with Gasteiger partial charge < -0.3 is 0 Å². The van der Waals surface area contributed by atoms with Crippen molar-refractivity contribution >= 4 is 23.4 Å². The fraction of sp³-hybridized carbons (Fsp3) is 0.333. The highest BCUT2D eigenvalue weighted by Gasteiger charge is 2.02. The number of nitrogens with zero attached hydrogens (tertiary/aromatic N) is 2. The third kappa shape index (κ3) is 2.42. The van der Waals surface area contributed by atoms with Crippen LogP contribution in [-0.4, -0.2) is 20.5 Å². The third-order valence-electron chi connectivity index (χ3n) is 1.11. The number of hydrogen-bond acceptors (Lipinski definition) is 3. The van der Waals surface area contributed by atoms with E-state index in [0.29, 0.717) is 15.9 Å². The van der Waals surface area contributed by atoms with Gasteiger partial charge in [0.25, 0.3) is 0 Å². The van der Waals surface area contributed by atoms with E-state index in [1.54, 1.807) is 11.7 Å². The molecule has 1 heterocycles. The summed E-state index contributed by atoms with van der Waals surface area (Å²) in [5.41, 5.74) is -0.347. The molecule has 0 aliphatic rings. The van der Waals surface area contributed by atoms with Gasteiger partial charge in [-0.1, -0.05) is 29.9 Å². The zero-order chi connectivity index (χ0) is 9.14. The van der Waals surface area contributed by atoms with Crippen LogP contribution in [0.3, 0.4) is 0 Å². The molecule has 0 saturated heterocycles. The van der Waals surface area contributed by atoms with Crippen LogP contribution >= 0.6 is 23.4 Å². The quantitative estimate of drug-likeness (QED) is 0.748. The highest BCUT2D eigenvalue weighted by Crippen LogP contribution is 2.16. The maximum atomic E-state index is 10.7. The molecule has 12 heavy (non-hydrogen) atoms. The van der Waals surface area contributed by atoms with Crippen LogP contribution in [0.4, 0.5) is 0 Å². The molecule has 66 valence electrons. The Labute approximate surface area is 78.6 Å². The zero-order valence-electron chi connectivity index (χ0n) is 6.50. The van der Waals surface area contributed by atoms with E-state index in [-0.39, 0.29) is 5.69 Å². The monoisotopic (exact) mass is 205 g/mol. The number of aromatic nitrogens is 3. The van der Waals surface area contributed by atoms with Crippen molar-refractivity contribution in [3.05, 3.63) is 22.1 Å². The van der Waals surface area contributed by atoms with Crippen molar-refractivity contribution in [3.8, 4) is 0 Å². The molecule has 4 nitrogen and oxygen atoms in total. The lowest BCUT2D eigenvalue weighted by molar-refractivity contribution is 0.682. The van der Waals surface area contributed by atoms with Gasteiger partial charge in [0.1, 0.15) is 0 Å². The molecule has 0 saturated carbocycles. The van der Waals surface area contributed by atoms with Crippen LogP contribution in [0.15, 0.2) is 21.6 Å². The van der Waals surface area contributed by atoms with Gasteiger partial charge >= 0.3 is 5.69 Å². The number of halogens is 1. The fourth-order valence-corrected chi connectivity index (χ4v) is 1.49. The van der Waals surface area contributed by atoms with E-state index in [4.69, 9.17) is 11.6 Å². The second kappa shape index (κ2) is 3.82. The van der Waals surface area contributed by atoms with Crippen molar-refractivity contribution < 1.29 is 0 Å². The third-order valence-corrected chi connectivity index (χ3v) is 2.51. The number of rotatable bonds is 3. The van der Waals surface area contributed by atoms with E-state index in [2.05, 4.69) is 16.7 Å². The summed E-state index contributed by atoms with van der Waals surface area (Å²) in [6.45, 7) is 3.53. The Hall–Kier alpha value is -0.680. The number of thioether (sulfide) groups is 1. The molecule has 0 atom stereocenters. The molecule has 0 aliphatic carbocycles. The second-order valence-corrected chi connectivity index (χ2v) is 3.65. The number of nitrogens with one attached hydrogen (secondary N) is 1. The van der Waals surface area contributed by atoms with E-state index in [1.807, 2.05) is 0 Å². The Kier molecular flexibility index (Phi) is 2.99. The molecule has 0 unspecified atom stereocenters. The highest BCUT2D eigenvalue weighted by molar-refractivity contribution is 7.99. The van der Waals surface area contributed by atoms with Crippen LogP contribution in [0, 0.1) is 0 Å². The lowest BCUT2D eigenvalue weighted by atomic mass is 10.7. The summed E-state index contributed by atoms with van der Waals surface area (Å²) < 4.78 is 1.55. The zero-order valence-corrected chi connectivity index (χ0v) is 8.08. The first-order valence-corrected chi connectivity index (χ1v) is 4.55. The molecule has 1 N–H and O–H groups in total. The smallest absolute Gasteiger partial charge is 0.264 e. The number of aromatic amines is 1. The molecule has 0 fully saturated rings. The summed E-state index contributed by atoms with van der Waals surface area (Å²) in [4.78, 5) is 14.4. The van der Waals surface area contributed by atoms with Crippen LogP contribution in [0.25, 0.3) is 0 Å². The molecule has 6 heteroatoms. The molecule has 0 aromatic carbocycles. The number of H-pyrrole nitrogens is 1. The molecule has 0 radical (unpaired) electrons. The topological polar surface area (TPSA) is 50.7 Å². The van der Waals surface area contributed by atoms with Crippen molar-refractivity contribution in [1.82, 2.24) is 14.8 Å². The van der Waals surface area contributed by atoms with Crippen LogP contribution in [0.5, 0.6) is 0 Å². The van der Waals surface area contributed by atoms with E-state index in [0.717, 1.165) is 0 Å². The molecule has 1 aromatic heterocycles. The standard InChI is InChI=1S/C6H8ClN3OS/c1-4(7)3-12-6-8-5(11)9-10(6)2/h1,3H2,2H3,(H,9,11). The Bertz CT molecular complexity index is 343. The van der Waals surface area contributed by atoms with Crippen LogP contribution < -0.4 is 5.69 Å². The normalized spacial score (nSPS) is 10.2. The summed E-state index contributed by atoms with van der Waals surface area (Å²) in [7, 11) is 1.72. The maximum absolute atomic E-state index is 10.7. The van der Waals surface area contributed by atoms with Gasteiger partial charge in [-0.3, -0.25) is 4.68 Å². The summed E-state index contributed by atoms with van der Waals surface area (Å²) in [5, 5.41) is 3.64. The predicted octanol–water partition coefficient (Wildman–Crippen LogP) is 0.953. The SMILES string of the molecule is C=C(Cl)CSc1nc(=O)[nH]n1C.